The number of rotatable bonds is 4. The maximum atomic E-state index is 11.0. The predicted octanol–water partition coefficient (Wildman–Crippen LogP) is 0.669. The van der Waals surface area contributed by atoms with E-state index in [1.54, 1.807) is 0 Å². The van der Waals surface area contributed by atoms with Crippen LogP contribution in [0, 0.1) is 5.92 Å². The standard InChI is InChI=1S/C7H14BO5P/c1-5-3-7(8)13-6(5)4-12-14(9,10)11-2/h5-7H,3-4H2,1-2H3,(H,9,10)/t5?,6-,7-/m1/s1. The minimum Gasteiger partial charge on any atom is -0.382 e. The maximum absolute atomic E-state index is 11.0. The van der Waals surface area contributed by atoms with Crippen molar-refractivity contribution in [3.05, 3.63) is 0 Å². The summed E-state index contributed by atoms with van der Waals surface area (Å²) < 4.78 is 25.2. The summed E-state index contributed by atoms with van der Waals surface area (Å²) in [6.45, 7) is 1.98. The zero-order chi connectivity index (χ0) is 10.8. The second-order valence-corrected chi connectivity index (χ2v) is 4.93. The maximum Gasteiger partial charge on any atom is 0.472 e. The van der Waals surface area contributed by atoms with Gasteiger partial charge in [0.25, 0.3) is 0 Å². The van der Waals surface area contributed by atoms with E-state index in [9.17, 15) is 4.57 Å². The van der Waals surface area contributed by atoms with Crippen molar-refractivity contribution in [1.82, 2.24) is 0 Å². The minimum atomic E-state index is -3.89. The largest absolute Gasteiger partial charge is 0.472 e. The second-order valence-electron chi connectivity index (χ2n) is 3.37. The fourth-order valence-electron chi connectivity index (χ4n) is 1.36. The van der Waals surface area contributed by atoms with Crippen LogP contribution in [0.25, 0.3) is 0 Å². The number of phosphoric acid groups is 1. The molecule has 1 heterocycles. The van der Waals surface area contributed by atoms with Gasteiger partial charge in [0.05, 0.1) is 12.7 Å². The molecule has 1 aliphatic heterocycles. The van der Waals surface area contributed by atoms with Crippen molar-refractivity contribution in [2.75, 3.05) is 13.7 Å². The van der Waals surface area contributed by atoms with E-state index in [4.69, 9.17) is 17.5 Å². The van der Waals surface area contributed by atoms with E-state index in [1.165, 1.54) is 0 Å². The lowest BCUT2D eigenvalue weighted by Crippen LogP contribution is -2.20. The van der Waals surface area contributed by atoms with Gasteiger partial charge in [-0.1, -0.05) is 6.92 Å². The van der Waals surface area contributed by atoms with Crippen LogP contribution in [0.4, 0.5) is 0 Å². The predicted molar refractivity (Wildman–Crippen MR) is 51.0 cm³/mol. The van der Waals surface area contributed by atoms with Gasteiger partial charge in [0.15, 0.2) is 0 Å². The van der Waals surface area contributed by atoms with Crippen LogP contribution in [-0.4, -0.2) is 38.6 Å². The highest BCUT2D eigenvalue weighted by Gasteiger charge is 2.31. The molecule has 1 fully saturated rings. The summed E-state index contributed by atoms with van der Waals surface area (Å²) in [5.74, 6) is 0.224. The van der Waals surface area contributed by atoms with Crippen LogP contribution in [0.15, 0.2) is 0 Å². The summed E-state index contributed by atoms with van der Waals surface area (Å²) in [6, 6.07) is -0.306. The third-order valence-corrected chi connectivity index (χ3v) is 3.16. The average molecular weight is 220 g/mol. The van der Waals surface area contributed by atoms with E-state index in [1.807, 2.05) is 6.92 Å². The quantitative estimate of drug-likeness (QED) is 0.557. The van der Waals surface area contributed by atoms with Gasteiger partial charge in [0, 0.05) is 13.1 Å². The van der Waals surface area contributed by atoms with E-state index in [0.717, 1.165) is 13.5 Å². The first kappa shape index (κ1) is 12.2. The number of phosphoric ester groups is 1. The molecule has 1 aliphatic rings. The van der Waals surface area contributed by atoms with E-state index in [0.29, 0.717) is 0 Å². The molecule has 0 aromatic rings. The summed E-state index contributed by atoms with van der Waals surface area (Å²) in [5.41, 5.74) is 0. The van der Waals surface area contributed by atoms with Gasteiger partial charge in [-0.15, -0.1) is 0 Å². The van der Waals surface area contributed by atoms with Gasteiger partial charge in [0.1, 0.15) is 7.85 Å². The number of ether oxygens (including phenoxy) is 1. The van der Waals surface area contributed by atoms with Crippen LogP contribution in [0.2, 0.25) is 0 Å². The topological polar surface area (TPSA) is 65.0 Å². The Morgan fingerprint density at radius 1 is 1.71 bits per heavy atom. The summed E-state index contributed by atoms with van der Waals surface area (Å²) in [6.07, 6.45) is 0.497. The van der Waals surface area contributed by atoms with E-state index in [-0.39, 0.29) is 24.6 Å². The van der Waals surface area contributed by atoms with Crippen LogP contribution in [-0.2, 0) is 18.3 Å². The van der Waals surface area contributed by atoms with Crippen molar-refractivity contribution in [3.8, 4) is 0 Å². The highest BCUT2D eigenvalue weighted by molar-refractivity contribution is 7.47. The van der Waals surface area contributed by atoms with Gasteiger partial charge in [-0.25, -0.2) is 4.57 Å². The van der Waals surface area contributed by atoms with E-state index < -0.39 is 7.82 Å². The highest BCUT2D eigenvalue weighted by Crippen LogP contribution is 2.43. The van der Waals surface area contributed by atoms with Crippen molar-refractivity contribution >= 4 is 15.7 Å². The van der Waals surface area contributed by atoms with Crippen molar-refractivity contribution in [2.24, 2.45) is 5.92 Å². The zero-order valence-electron chi connectivity index (χ0n) is 8.25. The molecule has 1 saturated heterocycles. The molecule has 2 unspecified atom stereocenters. The summed E-state index contributed by atoms with van der Waals surface area (Å²) in [5, 5.41) is 0. The van der Waals surface area contributed by atoms with Gasteiger partial charge < -0.3 is 9.63 Å². The Morgan fingerprint density at radius 3 is 2.79 bits per heavy atom. The highest BCUT2D eigenvalue weighted by atomic mass is 31.2. The molecule has 5 nitrogen and oxygen atoms in total. The molecular formula is C7H14BO5P. The van der Waals surface area contributed by atoms with Gasteiger partial charge in [-0.2, -0.15) is 0 Å². The second kappa shape index (κ2) is 4.77. The Kier molecular flexibility index (Phi) is 4.16. The molecule has 0 aromatic carbocycles. The lowest BCUT2D eigenvalue weighted by molar-refractivity contribution is 0.0252. The molecule has 4 atom stereocenters. The fraction of sp³-hybridized carbons (Fsp3) is 1.00. The monoisotopic (exact) mass is 220 g/mol. The van der Waals surface area contributed by atoms with Crippen LogP contribution in [0.3, 0.4) is 0 Å². The molecular weight excluding hydrogens is 206 g/mol. The Hall–Kier alpha value is 0.135. The Balaban J connectivity index is 2.35. The molecule has 1 N–H and O–H groups in total. The molecule has 1 rings (SSSR count). The van der Waals surface area contributed by atoms with Crippen LogP contribution >= 0.6 is 7.82 Å². The third kappa shape index (κ3) is 3.37. The van der Waals surface area contributed by atoms with Crippen LogP contribution in [0.5, 0.6) is 0 Å². The van der Waals surface area contributed by atoms with E-state index in [2.05, 4.69) is 9.05 Å². The lowest BCUT2D eigenvalue weighted by Gasteiger charge is -2.16. The molecule has 14 heavy (non-hydrogen) atoms. The molecule has 0 aromatic heterocycles. The van der Waals surface area contributed by atoms with Crippen LogP contribution in [0.1, 0.15) is 13.3 Å². The SMILES string of the molecule is [B][C@H]1CC(C)[C@@H](COP(=O)(O)OC)O1. The first-order valence-electron chi connectivity index (χ1n) is 4.38. The Labute approximate surface area is 84.8 Å². The summed E-state index contributed by atoms with van der Waals surface area (Å²) in [7, 11) is 2.77. The third-order valence-electron chi connectivity index (χ3n) is 2.22. The van der Waals surface area contributed by atoms with Crippen LogP contribution < -0.4 is 0 Å². The summed E-state index contributed by atoms with van der Waals surface area (Å²) in [4.78, 5) is 8.96. The normalized spacial score (nSPS) is 36.9. The van der Waals surface area contributed by atoms with Gasteiger partial charge in [-0.3, -0.25) is 9.05 Å². The first-order valence-corrected chi connectivity index (χ1v) is 5.88. The lowest BCUT2D eigenvalue weighted by atomic mass is 9.92. The molecule has 0 saturated carbocycles. The van der Waals surface area contributed by atoms with Crippen molar-refractivity contribution < 1.29 is 23.2 Å². The molecule has 7 heteroatoms. The molecule has 0 bridgehead atoms. The van der Waals surface area contributed by atoms with Crippen molar-refractivity contribution in [1.29, 1.82) is 0 Å². The summed E-state index contributed by atoms with van der Waals surface area (Å²) >= 11 is 0. The zero-order valence-corrected chi connectivity index (χ0v) is 9.15. The van der Waals surface area contributed by atoms with Gasteiger partial charge in [0.2, 0.25) is 0 Å². The number of hydrogen-bond acceptors (Lipinski definition) is 4. The Bertz CT molecular complexity index is 236. The molecule has 0 aliphatic carbocycles. The van der Waals surface area contributed by atoms with E-state index >= 15 is 0 Å². The molecule has 2 radical (unpaired) electrons. The van der Waals surface area contributed by atoms with Gasteiger partial charge in [-0.05, 0) is 12.3 Å². The average Bonchev–Trinajstić information content (AvgIpc) is 2.42. The fourth-order valence-corrected chi connectivity index (χ4v) is 1.80. The first-order chi connectivity index (χ1) is 6.44. The number of hydrogen-bond donors (Lipinski definition) is 1. The van der Waals surface area contributed by atoms with Crippen molar-refractivity contribution in [2.45, 2.75) is 25.5 Å². The van der Waals surface area contributed by atoms with Gasteiger partial charge >= 0.3 is 7.82 Å². The minimum absolute atomic E-state index is 0.0243. The molecule has 0 spiro atoms. The smallest absolute Gasteiger partial charge is 0.382 e. The van der Waals surface area contributed by atoms with Crippen molar-refractivity contribution in [3.63, 3.8) is 0 Å². The molecule has 80 valence electrons. The Morgan fingerprint density at radius 2 is 2.36 bits per heavy atom. The molecule has 0 amide bonds.